The summed E-state index contributed by atoms with van der Waals surface area (Å²) in [7, 11) is 1.24. The Bertz CT molecular complexity index is 1670. The number of likely N-dealkylation sites (N-methyl/N-ethyl adjacent to an activating group) is 1. The molecule has 0 aliphatic carbocycles. The number of allylic oxidation sites excluding steroid dienone is 17. The van der Waals surface area contributed by atoms with Crippen molar-refractivity contribution in [3.05, 3.63) is 109 Å². The number of carbonyl (C=O) groups is 1. The van der Waals surface area contributed by atoms with Crippen LogP contribution < -0.4 is 10.2 Å². The van der Waals surface area contributed by atoms with E-state index in [2.05, 4.69) is 116 Å². The second kappa shape index (κ2) is 60.7. The summed E-state index contributed by atoms with van der Waals surface area (Å²) in [5, 5.41) is 13.9. The van der Waals surface area contributed by atoms with Crippen molar-refractivity contribution in [2.45, 2.75) is 296 Å². The molecule has 0 aromatic rings. The molecule has 0 saturated carbocycles. The van der Waals surface area contributed by atoms with Crippen molar-refractivity contribution in [1.29, 1.82) is 0 Å². The van der Waals surface area contributed by atoms with Crippen LogP contribution in [0.5, 0.6) is 0 Å². The van der Waals surface area contributed by atoms with E-state index in [4.69, 9.17) is 9.05 Å². The second-order valence-corrected chi connectivity index (χ2v) is 24.9. The van der Waals surface area contributed by atoms with Crippen molar-refractivity contribution in [1.82, 2.24) is 5.32 Å². The molecule has 0 aliphatic rings. The zero-order valence-electron chi connectivity index (χ0n) is 52.7. The van der Waals surface area contributed by atoms with Gasteiger partial charge in [0, 0.05) is 6.42 Å². The third-order valence-corrected chi connectivity index (χ3v) is 15.5. The minimum atomic E-state index is -4.62. The predicted octanol–water partition coefficient (Wildman–Crippen LogP) is 20.5. The first kappa shape index (κ1) is 77.2. The SMILES string of the molecule is CC/C=C\C/C=C\C/C=C\C/C=C\C/C=C\C/C=C\C/C=C\C/C=C\CCCCCCCCC(=O)NC(COP(=O)([O-])OCC[N+](C)(C)C)C(O)/C=C/CCCCCCCCCCCCCCCCCCCCCCCCCCC. The highest BCUT2D eigenvalue weighted by atomic mass is 31.2. The number of rotatable bonds is 60. The second-order valence-electron chi connectivity index (χ2n) is 23.4. The van der Waals surface area contributed by atoms with Gasteiger partial charge in [0.1, 0.15) is 13.2 Å². The first-order chi connectivity index (χ1) is 39.0. The quantitative estimate of drug-likeness (QED) is 0.0272. The number of quaternary nitrogens is 1. The van der Waals surface area contributed by atoms with Crippen LogP contribution in [0.4, 0.5) is 0 Å². The van der Waals surface area contributed by atoms with E-state index in [1.54, 1.807) is 6.08 Å². The molecule has 0 radical (unpaired) electrons. The van der Waals surface area contributed by atoms with E-state index in [0.29, 0.717) is 17.4 Å². The van der Waals surface area contributed by atoms with Crippen LogP contribution in [0.2, 0.25) is 0 Å². The van der Waals surface area contributed by atoms with Gasteiger partial charge in [0.05, 0.1) is 39.9 Å². The first-order valence-electron chi connectivity index (χ1n) is 33.2. The third-order valence-electron chi connectivity index (χ3n) is 14.5. The first-order valence-corrected chi connectivity index (χ1v) is 34.7. The van der Waals surface area contributed by atoms with Crippen LogP contribution in [0.3, 0.4) is 0 Å². The van der Waals surface area contributed by atoms with Crippen LogP contribution in [0.15, 0.2) is 109 Å². The molecule has 3 unspecified atom stereocenters. The number of carbonyl (C=O) groups excluding carboxylic acids is 1. The van der Waals surface area contributed by atoms with Crippen LogP contribution in [0, 0.1) is 0 Å². The molecule has 0 fully saturated rings. The van der Waals surface area contributed by atoms with Crippen LogP contribution in [-0.4, -0.2) is 68.5 Å². The summed E-state index contributed by atoms with van der Waals surface area (Å²) < 4.78 is 23.4. The summed E-state index contributed by atoms with van der Waals surface area (Å²) in [5.74, 6) is -0.213. The molecule has 9 heteroatoms. The van der Waals surface area contributed by atoms with Crippen molar-refractivity contribution in [2.24, 2.45) is 0 Å². The van der Waals surface area contributed by atoms with Crippen LogP contribution >= 0.6 is 7.82 Å². The molecule has 0 aromatic carbocycles. The third kappa shape index (κ3) is 62.8. The number of hydrogen-bond acceptors (Lipinski definition) is 6. The molecule has 8 nitrogen and oxygen atoms in total. The molecule has 0 heterocycles. The number of amides is 1. The number of hydrogen-bond donors (Lipinski definition) is 2. The van der Waals surface area contributed by atoms with Crippen LogP contribution in [0.1, 0.15) is 284 Å². The van der Waals surface area contributed by atoms with Gasteiger partial charge in [0.25, 0.3) is 7.82 Å². The van der Waals surface area contributed by atoms with E-state index in [1.807, 2.05) is 27.2 Å². The molecule has 1 amide bonds. The number of phosphoric acid groups is 1. The molecule has 462 valence electrons. The topological polar surface area (TPSA) is 108 Å². The largest absolute Gasteiger partial charge is 0.756 e. The van der Waals surface area contributed by atoms with Crippen molar-refractivity contribution in [2.75, 3.05) is 40.9 Å². The van der Waals surface area contributed by atoms with Gasteiger partial charge in [-0.1, -0.05) is 303 Å². The fourth-order valence-electron chi connectivity index (χ4n) is 9.35. The van der Waals surface area contributed by atoms with Gasteiger partial charge in [-0.2, -0.15) is 0 Å². The molecule has 2 N–H and O–H groups in total. The number of nitrogens with zero attached hydrogens (tertiary/aromatic N) is 1. The molecular formula is C71H127N2O6P. The van der Waals surface area contributed by atoms with Gasteiger partial charge in [-0.25, -0.2) is 0 Å². The van der Waals surface area contributed by atoms with Crippen molar-refractivity contribution < 1.29 is 32.9 Å². The smallest absolute Gasteiger partial charge is 0.268 e. The van der Waals surface area contributed by atoms with Crippen LogP contribution in [-0.2, 0) is 18.4 Å². The van der Waals surface area contributed by atoms with Crippen molar-refractivity contribution in [3.63, 3.8) is 0 Å². The molecule has 0 aliphatic heterocycles. The number of aliphatic hydroxyl groups is 1. The molecule has 0 bridgehead atoms. The van der Waals surface area contributed by atoms with Gasteiger partial charge >= 0.3 is 0 Å². The van der Waals surface area contributed by atoms with Gasteiger partial charge in [-0.3, -0.25) is 9.36 Å². The highest BCUT2D eigenvalue weighted by molar-refractivity contribution is 7.45. The highest BCUT2D eigenvalue weighted by Crippen LogP contribution is 2.38. The Hall–Kier alpha value is -2.84. The van der Waals surface area contributed by atoms with Crippen molar-refractivity contribution >= 4 is 13.7 Å². The lowest BCUT2D eigenvalue weighted by atomic mass is 10.0. The fraction of sp³-hybridized carbons (Fsp3) is 0.732. The zero-order valence-corrected chi connectivity index (χ0v) is 53.6. The molecular weight excluding hydrogens is 1010 g/mol. The molecule has 80 heavy (non-hydrogen) atoms. The van der Waals surface area contributed by atoms with E-state index in [1.165, 1.54) is 154 Å². The minimum absolute atomic E-state index is 0.00942. The Kier molecular flexibility index (Phi) is 58.6. The van der Waals surface area contributed by atoms with Crippen molar-refractivity contribution in [3.8, 4) is 0 Å². The van der Waals surface area contributed by atoms with E-state index >= 15 is 0 Å². The predicted molar refractivity (Wildman–Crippen MR) is 348 cm³/mol. The Labute approximate surface area is 495 Å². The summed E-state index contributed by atoms with van der Waals surface area (Å²) in [5.41, 5.74) is 0. The molecule has 0 rings (SSSR count). The summed E-state index contributed by atoms with van der Waals surface area (Å²) in [4.78, 5) is 25.6. The summed E-state index contributed by atoms with van der Waals surface area (Å²) in [6.45, 7) is 4.54. The molecule has 0 aromatic heterocycles. The fourth-order valence-corrected chi connectivity index (χ4v) is 10.1. The Morgan fingerprint density at radius 3 is 1.11 bits per heavy atom. The molecule has 3 atom stereocenters. The lowest BCUT2D eigenvalue weighted by molar-refractivity contribution is -0.870. The van der Waals surface area contributed by atoms with E-state index in [-0.39, 0.29) is 12.5 Å². The van der Waals surface area contributed by atoms with Gasteiger partial charge in [0.2, 0.25) is 5.91 Å². The normalized spacial score (nSPS) is 14.4. The standard InChI is InChI=1S/C71H127N2O6P/c1-6-8-10-12-14-16-18-20-22-24-26-28-30-32-34-35-36-37-39-41-43-45-47-49-51-53-55-57-59-61-63-65-71(75)72-69(68-79-80(76,77)78-67-66-73(3,4)5)70(74)64-62-60-58-56-54-52-50-48-46-44-42-40-38-33-31-29-27-25-23-21-19-17-15-13-11-9-7-2/h8,10,14,16,20,22,26,28,32,34,36-37,41,43,47,49,62,64,69-70,74H,6-7,9,11-13,15,17-19,21,23-25,27,29-31,33,35,38-40,42,44-46,48,50-61,63,65-68H2,1-5H3,(H-,72,75,76,77)/b10-8-,16-14-,22-20-,28-26-,34-32-,37-36-,43-41-,49-47-,64-62+. The number of aliphatic hydroxyl groups excluding tert-OH is 1. The highest BCUT2D eigenvalue weighted by Gasteiger charge is 2.23. The lowest BCUT2D eigenvalue weighted by Gasteiger charge is -2.29. The Morgan fingerprint density at radius 1 is 0.450 bits per heavy atom. The van der Waals surface area contributed by atoms with E-state index < -0.39 is 26.6 Å². The maximum Gasteiger partial charge on any atom is 0.268 e. The summed E-state index contributed by atoms with van der Waals surface area (Å²) >= 11 is 0. The van der Waals surface area contributed by atoms with Gasteiger partial charge in [0.15, 0.2) is 0 Å². The lowest BCUT2D eigenvalue weighted by Crippen LogP contribution is -2.45. The maximum absolute atomic E-state index is 13.0. The van der Waals surface area contributed by atoms with E-state index in [9.17, 15) is 19.4 Å². The summed E-state index contributed by atoms with van der Waals surface area (Å²) in [6, 6.07) is -0.904. The van der Waals surface area contributed by atoms with Gasteiger partial charge in [-0.05, 0) is 83.5 Å². The number of nitrogens with one attached hydrogen (secondary N) is 1. The number of phosphoric ester groups is 1. The zero-order chi connectivity index (χ0) is 58.4. The minimum Gasteiger partial charge on any atom is -0.756 e. The maximum atomic E-state index is 13.0. The monoisotopic (exact) mass is 1130 g/mol. The van der Waals surface area contributed by atoms with Gasteiger partial charge < -0.3 is 28.8 Å². The number of unbranched alkanes of at least 4 members (excludes halogenated alkanes) is 31. The molecule has 0 saturated heterocycles. The Morgan fingerprint density at radius 2 is 0.762 bits per heavy atom. The Balaban J connectivity index is 4.20. The van der Waals surface area contributed by atoms with E-state index in [0.717, 1.165) is 109 Å². The summed E-state index contributed by atoms with van der Waals surface area (Å²) in [6.07, 6.45) is 89.0. The average molecular weight is 1140 g/mol. The molecule has 0 spiro atoms. The van der Waals surface area contributed by atoms with Crippen LogP contribution in [0.25, 0.3) is 0 Å². The average Bonchev–Trinajstić information content (AvgIpc) is 3.42. The van der Waals surface area contributed by atoms with Gasteiger partial charge in [-0.15, -0.1) is 0 Å².